The smallest absolute Gasteiger partial charge is 0.168 e. The normalized spacial score (nSPS) is 17.1. The number of hydrogen-bond donors (Lipinski definition) is 0. The van der Waals surface area contributed by atoms with E-state index in [4.69, 9.17) is 4.74 Å². The fraction of sp³-hybridized carbons (Fsp3) is 0.333. The van der Waals surface area contributed by atoms with Gasteiger partial charge in [-0.25, -0.2) is 4.98 Å². The first kappa shape index (κ1) is 20.7. The average molecular weight is 422 g/mol. The molecule has 1 saturated heterocycles. The lowest BCUT2D eigenvalue weighted by Crippen LogP contribution is -2.38. The van der Waals surface area contributed by atoms with Crippen LogP contribution in [0.1, 0.15) is 29.0 Å². The van der Waals surface area contributed by atoms with Crippen LogP contribution >= 0.6 is 11.8 Å². The summed E-state index contributed by atoms with van der Waals surface area (Å²) in [6, 6.07) is 15.9. The van der Waals surface area contributed by atoms with Crippen LogP contribution in [0.2, 0.25) is 0 Å². The zero-order chi connectivity index (χ0) is 20.9. The average Bonchev–Trinajstić information content (AvgIpc) is 3.26. The molecule has 0 aliphatic carbocycles. The van der Waals surface area contributed by atoms with E-state index >= 15 is 0 Å². The summed E-state index contributed by atoms with van der Waals surface area (Å²) in [5.74, 6) is 2.13. The zero-order valence-electron chi connectivity index (χ0n) is 17.5. The van der Waals surface area contributed by atoms with Crippen LogP contribution in [-0.4, -0.2) is 46.7 Å². The van der Waals surface area contributed by atoms with E-state index in [1.54, 1.807) is 18.9 Å². The number of likely N-dealkylation sites (tertiary alicyclic amines) is 1. The Kier molecular flexibility index (Phi) is 6.55. The van der Waals surface area contributed by atoms with Gasteiger partial charge in [0.05, 0.1) is 13.7 Å². The van der Waals surface area contributed by atoms with E-state index in [2.05, 4.69) is 14.5 Å². The van der Waals surface area contributed by atoms with Crippen molar-refractivity contribution in [3.63, 3.8) is 0 Å². The van der Waals surface area contributed by atoms with Crippen molar-refractivity contribution < 1.29 is 9.53 Å². The maximum Gasteiger partial charge on any atom is 0.168 e. The van der Waals surface area contributed by atoms with Gasteiger partial charge < -0.3 is 9.30 Å². The van der Waals surface area contributed by atoms with Gasteiger partial charge in [-0.2, -0.15) is 0 Å². The van der Waals surface area contributed by atoms with E-state index in [0.29, 0.717) is 0 Å². The van der Waals surface area contributed by atoms with E-state index in [1.807, 2.05) is 67.2 Å². The summed E-state index contributed by atoms with van der Waals surface area (Å²) in [4.78, 5) is 21.2. The number of piperidine rings is 1. The summed E-state index contributed by atoms with van der Waals surface area (Å²) in [5.41, 5.74) is 1.92. The number of thioether (sulfide) groups is 1. The molecule has 1 fully saturated rings. The molecule has 2 heterocycles. The number of imidazole rings is 1. The molecule has 0 amide bonds. The van der Waals surface area contributed by atoms with Crippen LogP contribution in [0.5, 0.6) is 5.75 Å². The lowest BCUT2D eigenvalue weighted by molar-refractivity contribution is 0.0805. The Balaban J connectivity index is 1.47. The molecule has 0 bridgehead atoms. The SMILES string of the molecule is COc1ccc(-n2ccnc2CN2CCC[C@@H](C(=O)c3ccccc3SC)C2)cc1. The fourth-order valence-corrected chi connectivity index (χ4v) is 4.71. The fourth-order valence-electron chi connectivity index (χ4n) is 4.11. The third-order valence-electron chi connectivity index (χ3n) is 5.68. The highest BCUT2D eigenvalue weighted by Crippen LogP contribution is 2.27. The van der Waals surface area contributed by atoms with Crippen molar-refractivity contribution in [1.82, 2.24) is 14.5 Å². The number of hydrogen-bond acceptors (Lipinski definition) is 5. The molecule has 5 nitrogen and oxygen atoms in total. The van der Waals surface area contributed by atoms with Crippen LogP contribution in [0.15, 0.2) is 65.8 Å². The molecular weight excluding hydrogens is 394 g/mol. The standard InChI is InChI=1S/C24H27N3O2S/c1-29-20-11-9-19(10-12-20)27-15-13-25-23(27)17-26-14-5-6-18(16-26)24(28)21-7-3-4-8-22(21)30-2/h3-4,7-13,15,18H,5-6,14,16-17H2,1-2H3/t18-/m1/s1. The largest absolute Gasteiger partial charge is 0.497 e. The second-order valence-corrected chi connectivity index (χ2v) is 8.40. The van der Waals surface area contributed by atoms with Gasteiger partial charge >= 0.3 is 0 Å². The van der Waals surface area contributed by atoms with Gasteiger partial charge in [0.2, 0.25) is 0 Å². The molecule has 0 N–H and O–H groups in total. The van der Waals surface area contributed by atoms with Crippen LogP contribution < -0.4 is 4.74 Å². The van der Waals surface area contributed by atoms with Crippen LogP contribution in [0, 0.1) is 5.92 Å². The first-order valence-corrected chi connectivity index (χ1v) is 11.5. The molecule has 6 heteroatoms. The lowest BCUT2D eigenvalue weighted by Gasteiger charge is -2.32. The number of aromatic nitrogens is 2. The molecule has 4 rings (SSSR count). The quantitative estimate of drug-likeness (QED) is 0.409. The van der Waals surface area contributed by atoms with E-state index in [0.717, 1.165) is 60.2 Å². The summed E-state index contributed by atoms with van der Waals surface area (Å²) in [7, 11) is 1.67. The molecule has 0 unspecified atom stereocenters. The molecule has 3 aromatic rings. The summed E-state index contributed by atoms with van der Waals surface area (Å²) in [6.07, 6.45) is 7.82. The molecular formula is C24H27N3O2S. The van der Waals surface area contributed by atoms with Crippen molar-refractivity contribution in [3.05, 3.63) is 72.3 Å². The number of ketones is 1. The third kappa shape index (κ3) is 4.45. The molecule has 1 aromatic heterocycles. The third-order valence-corrected chi connectivity index (χ3v) is 6.48. The molecule has 0 spiro atoms. The number of carbonyl (C=O) groups is 1. The minimum absolute atomic E-state index is 0.0384. The number of nitrogens with zero attached hydrogens (tertiary/aromatic N) is 3. The number of rotatable bonds is 7. The van der Waals surface area contributed by atoms with Crippen LogP contribution in [0.3, 0.4) is 0 Å². The molecule has 30 heavy (non-hydrogen) atoms. The van der Waals surface area contributed by atoms with Crippen molar-refractivity contribution in [3.8, 4) is 11.4 Å². The van der Waals surface area contributed by atoms with E-state index in [1.165, 1.54) is 0 Å². The maximum absolute atomic E-state index is 13.2. The Bertz CT molecular complexity index is 1000. The maximum atomic E-state index is 13.2. The Hall–Kier alpha value is -2.57. The molecule has 0 radical (unpaired) electrons. The summed E-state index contributed by atoms with van der Waals surface area (Å²) >= 11 is 1.64. The second kappa shape index (κ2) is 9.49. The van der Waals surface area contributed by atoms with Crippen LogP contribution in [0.4, 0.5) is 0 Å². The Morgan fingerprint density at radius 2 is 2.00 bits per heavy atom. The molecule has 1 atom stereocenters. The number of carbonyl (C=O) groups excluding carboxylic acids is 1. The second-order valence-electron chi connectivity index (χ2n) is 7.55. The first-order chi connectivity index (χ1) is 14.7. The van der Waals surface area contributed by atoms with Gasteiger partial charge in [-0.3, -0.25) is 9.69 Å². The van der Waals surface area contributed by atoms with Gasteiger partial charge in [0.25, 0.3) is 0 Å². The molecule has 1 aliphatic rings. The highest BCUT2D eigenvalue weighted by Gasteiger charge is 2.28. The van der Waals surface area contributed by atoms with Gasteiger partial charge in [-0.15, -0.1) is 11.8 Å². The van der Waals surface area contributed by atoms with E-state index < -0.39 is 0 Å². The van der Waals surface area contributed by atoms with Crippen molar-refractivity contribution in [2.24, 2.45) is 5.92 Å². The number of benzene rings is 2. The molecule has 0 saturated carbocycles. The predicted octanol–water partition coefficient (Wildman–Crippen LogP) is 4.70. The molecule has 1 aliphatic heterocycles. The topological polar surface area (TPSA) is 47.4 Å². The van der Waals surface area contributed by atoms with Crippen LogP contribution in [-0.2, 0) is 6.54 Å². The van der Waals surface area contributed by atoms with Gasteiger partial charge in [-0.1, -0.05) is 18.2 Å². The lowest BCUT2D eigenvalue weighted by atomic mass is 9.90. The van der Waals surface area contributed by atoms with Gasteiger partial charge in [0.1, 0.15) is 11.6 Å². The first-order valence-electron chi connectivity index (χ1n) is 10.3. The summed E-state index contributed by atoms with van der Waals surface area (Å²) in [5, 5.41) is 0. The van der Waals surface area contributed by atoms with Gasteiger partial charge in [0.15, 0.2) is 5.78 Å². The summed E-state index contributed by atoms with van der Waals surface area (Å²) in [6.45, 7) is 2.49. The van der Waals surface area contributed by atoms with E-state index in [9.17, 15) is 4.79 Å². The minimum Gasteiger partial charge on any atom is -0.497 e. The van der Waals surface area contributed by atoms with Crippen molar-refractivity contribution in [2.75, 3.05) is 26.5 Å². The monoisotopic (exact) mass is 421 g/mol. The molecule has 156 valence electrons. The van der Waals surface area contributed by atoms with Gasteiger partial charge in [0, 0.05) is 41.0 Å². The Morgan fingerprint density at radius 1 is 1.20 bits per heavy atom. The minimum atomic E-state index is 0.0384. The van der Waals surface area contributed by atoms with E-state index in [-0.39, 0.29) is 11.7 Å². The highest BCUT2D eigenvalue weighted by atomic mass is 32.2. The highest BCUT2D eigenvalue weighted by molar-refractivity contribution is 7.98. The zero-order valence-corrected chi connectivity index (χ0v) is 18.3. The van der Waals surface area contributed by atoms with Crippen molar-refractivity contribution >= 4 is 17.5 Å². The van der Waals surface area contributed by atoms with Crippen LogP contribution in [0.25, 0.3) is 5.69 Å². The number of ether oxygens (including phenoxy) is 1. The summed E-state index contributed by atoms with van der Waals surface area (Å²) < 4.78 is 7.36. The predicted molar refractivity (Wildman–Crippen MR) is 121 cm³/mol. The Morgan fingerprint density at radius 3 is 2.77 bits per heavy atom. The van der Waals surface area contributed by atoms with Crippen molar-refractivity contribution in [1.29, 1.82) is 0 Å². The number of Topliss-reactive ketones (excluding diaryl/α,β-unsaturated/α-hetero) is 1. The Labute approximate surface area is 182 Å². The van der Waals surface area contributed by atoms with Crippen molar-refractivity contribution in [2.45, 2.75) is 24.3 Å². The number of methoxy groups -OCH3 is 1. The van der Waals surface area contributed by atoms with Gasteiger partial charge in [-0.05, 0) is 56.0 Å². The molecule has 2 aromatic carbocycles.